The van der Waals surface area contributed by atoms with E-state index in [9.17, 15) is 0 Å². The van der Waals surface area contributed by atoms with Gasteiger partial charge in [0, 0.05) is 19.3 Å². The number of aromatic nitrogens is 2. The third kappa shape index (κ3) is 6.47. The monoisotopic (exact) mass is 237 g/mol. The Hall–Kier alpha value is -0.830. The van der Waals surface area contributed by atoms with E-state index in [2.05, 4.69) is 18.2 Å². The van der Waals surface area contributed by atoms with E-state index in [-0.39, 0.29) is 0 Å². The van der Waals surface area contributed by atoms with Crippen LogP contribution in [0, 0.1) is 0 Å². The van der Waals surface area contributed by atoms with Crippen molar-refractivity contribution >= 4 is 0 Å². The summed E-state index contributed by atoms with van der Waals surface area (Å²) in [6.45, 7) is 2.25. The van der Waals surface area contributed by atoms with Crippen molar-refractivity contribution in [2.75, 3.05) is 0 Å². The molecule has 17 heavy (non-hydrogen) atoms. The van der Waals surface area contributed by atoms with Crippen molar-refractivity contribution in [3.05, 3.63) is 18.0 Å². The molecule has 1 heterocycles. The first kappa shape index (κ1) is 14.2. The molecule has 0 radical (unpaired) electrons. The molecule has 0 fully saturated rings. The third-order valence-corrected chi connectivity index (χ3v) is 3.24. The molecule has 0 aliphatic carbocycles. The molecular weight excluding hydrogens is 210 g/mol. The predicted molar refractivity (Wildman–Crippen MR) is 72.9 cm³/mol. The van der Waals surface area contributed by atoms with Crippen LogP contribution in [0.5, 0.6) is 0 Å². The molecule has 3 heteroatoms. The van der Waals surface area contributed by atoms with Gasteiger partial charge in [-0.2, -0.15) is 5.10 Å². The SMILES string of the molecule is CCCCCCCC(N)CCc1cnn(C)c1. The van der Waals surface area contributed by atoms with Gasteiger partial charge in [-0.05, 0) is 24.8 Å². The van der Waals surface area contributed by atoms with Crippen LogP contribution in [0.3, 0.4) is 0 Å². The van der Waals surface area contributed by atoms with Crippen molar-refractivity contribution in [1.82, 2.24) is 9.78 Å². The molecule has 2 N–H and O–H groups in total. The zero-order chi connectivity index (χ0) is 12.5. The summed E-state index contributed by atoms with van der Waals surface area (Å²) in [6, 6.07) is 0.358. The van der Waals surface area contributed by atoms with Crippen LogP contribution < -0.4 is 5.73 Å². The third-order valence-electron chi connectivity index (χ3n) is 3.24. The number of aryl methyl sites for hydroxylation is 2. The van der Waals surface area contributed by atoms with E-state index in [4.69, 9.17) is 5.73 Å². The first-order chi connectivity index (χ1) is 8.22. The average Bonchev–Trinajstić information content (AvgIpc) is 2.72. The van der Waals surface area contributed by atoms with Gasteiger partial charge < -0.3 is 5.73 Å². The zero-order valence-corrected chi connectivity index (χ0v) is 11.4. The molecule has 0 saturated heterocycles. The molecule has 0 amide bonds. The van der Waals surface area contributed by atoms with Crippen molar-refractivity contribution in [2.45, 2.75) is 64.3 Å². The van der Waals surface area contributed by atoms with Gasteiger partial charge in [-0.1, -0.05) is 39.0 Å². The summed E-state index contributed by atoms with van der Waals surface area (Å²) in [6.07, 6.45) is 14.0. The molecule has 1 unspecified atom stereocenters. The molecular formula is C14H27N3. The molecule has 1 rings (SSSR count). The molecule has 0 saturated carbocycles. The highest BCUT2D eigenvalue weighted by Crippen LogP contribution is 2.10. The van der Waals surface area contributed by atoms with Gasteiger partial charge in [0.25, 0.3) is 0 Å². The summed E-state index contributed by atoms with van der Waals surface area (Å²) in [5.41, 5.74) is 7.42. The molecule has 1 atom stereocenters. The quantitative estimate of drug-likeness (QED) is 0.671. The van der Waals surface area contributed by atoms with E-state index < -0.39 is 0 Å². The lowest BCUT2D eigenvalue weighted by atomic mass is 10.0. The highest BCUT2D eigenvalue weighted by atomic mass is 15.2. The minimum absolute atomic E-state index is 0.358. The lowest BCUT2D eigenvalue weighted by molar-refractivity contribution is 0.516. The van der Waals surface area contributed by atoms with Crippen LogP contribution in [0.4, 0.5) is 0 Å². The number of hydrogen-bond acceptors (Lipinski definition) is 2. The largest absolute Gasteiger partial charge is 0.328 e. The Kier molecular flexibility index (Phi) is 6.94. The van der Waals surface area contributed by atoms with Gasteiger partial charge in [-0.25, -0.2) is 0 Å². The summed E-state index contributed by atoms with van der Waals surface area (Å²) < 4.78 is 1.85. The number of nitrogens with zero attached hydrogens (tertiary/aromatic N) is 2. The van der Waals surface area contributed by atoms with Gasteiger partial charge in [-0.3, -0.25) is 4.68 Å². The fourth-order valence-corrected chi connectivity index (χ4v) is 2.11. The fourth-order valence-electron chi connectivity index (χ4n) is 2.11. The van der Waals surface area contributed by atoms with Gasteiger partial charge in [0.1, 0.15) is 0 Å². The zero-order valence-electron chi connectivity index (χ0n) is 11.4. The number of unbranched alkanes of at least 4 members (excludes halogenated alkanes) is 4. The standard InChI is InChI=1S/C14H27N3/c1-3-4-5-6-7-8-14(15)10-9-13-11-16-17(2)12-13/h11-12,14H,3-10,15H2,1-2H3. The summed E-state index contributed by atoms with van der Waals surface area (Å²) in [7, 11) is 1.96. The highest BCUT2D eigenvalue weighted by Gasteiger charge is 2.04. The van der Waals surface area contributed by atoms with Crippen molar-refractivity contribution in [1.29, 1.82) is 0 Å². The molecule has 1 aromatic heterocycles. The maximum Gasteiger partial charge on any atom is 0.0521 e. The minimum Gasteiger partial charge on any atom is -0.328 e. The molecule has 98 valence electrons. The van der Waals surface area contributed by atoms with Crippen molar-refractivity contribution < 1.29 is 0 Å². The molecule has 0 spiro atoms. The van der Waals surface area contributed by atoms with Crippen LogP contribution in [-0.4, -0.2) is 15.8 Å². The number of hydrogen-bond donors (Lipinski definition) is 1. The van der Waals surface area contributed by atoms with Crippen molar-refractivity contribution in [3.8, 4) is 0 Å². The van der Waals surface area contributed by atoms with E-state index in [0.717, 1.165) is 12.8 Å². The molecule has 1 aromatic rings. The van der Waals surface area contributed by atoms with Crippen LogP contribution in [0.25, 0.3) is 0 Å². The number of rotatable bonds is 9. The van der Waals surface area contributed by atoms with Gasteiger partial charge in [0.05, 0.1) is 6.20 Å². The summed E-state index contributed by atoms with van der Waals surface area (Å²) >= 11 is 0. The topological polar surface area (TPSA) is 43.8 Å². The first-order valence-electron chi connectivity index (χ1n) is 6.95. The van der Waals surface area contributed by atoms with Crippen LogP contribution in [0.1, 0.15) is 57.4 Å². The molecule has 0 aliphatic heterocycles. The van der Waals surface area contributed by atoms with Crippen LogP contribution >= 0.6 is 0 Å². The second kappa shape index (κ2) is 8.29. The smallest absolute Gasteiger partial charge is 0.0521 e. The minimum atomic E-state index is 0.358. The molecule has 0 bridgehead atoms. The summed E-state index contributed by atoms with van der Waals surface area (Å²) in [5, 5.41) is 4.17. The lowest BCUT2D eigenvalue weighted by Gasteiger charge is -2.10. The van der Waals surface area contributed by atoms with Crippen LogP contribution in [0.2, 0.25) is 0 Å². The van der Waals surface area contributed by atoms with Crippen molar-refractivity contribution in [2.24, 2.45) is 12.8 Å². The Morgan fingerprint density at radius 2 is 2.00 bits per heavy atom. The Bertz CT molecular complexity index is 293. The van der Waals surface area contributed by atoms with E-state index >= 15 is 0 Å². The van der Waals surface area contributed by atoms with Gasteiger partial charge in [0.2, 0.25) is 0 Å². The second-order valence-electron chi connectivity index (χ2n) is 5.02. The lowest BCUT2D eigenvalue weighted by Crippen LogP contribution is -2.20. The molecule has 3 nitrogen and oxygen atoms in total. The first-order valence-corrected chi connectivity index (χ1v) is 6.95. The highest BCUT2D eigenvalue weighted by molar-refractivity contribution is 5.03. The molecule has 0 aromatic carbocycles. The van der Waals surface area contributed by atoms with Crippen LogP contribution in [-0.2, 0) is 13.5 Å². The van der Waals surface area contributed by atoms with E-state index in [1.165, 1.54) is 44.1 Å². The Balaban J connectivity index is 2.03. The Labute approximate surface area is 105 Å². The van der Waals surface area contributed by atoms with E-state index in [0.29, 0.717) is 6.04 Å². The Morgan fingerprint density at radius 1 is 1.24 bits per heavy atom. The second-order valence-corrected chi connectivity index (χ2v) is 5.02. The van der Waals surface area contributed by atoms with Gasteiger partial charge in [-0.15, -0.1) is 0 Å². The van der Waals surface area contributed by atoms with E-state index in [1.807, 2.05) is 17.9 Å². The normalized spacial score (nSPS) is 12.9. The fraction of sp³-hybridized carbons (Fsp3) is 0.786. The predicted octanol–water partition coefficient (Wildman–Crippen LogP) is 3.04. The van der Waals surface area contributed by atoms with Crippen LogP contribution in [0.15, 0.2) is 12.4 Å². The van der Waals surface area contributed by atoms with Gasteiger partial charge in [0.15, 0.2) is 0 Å². The maximum atomic E-state index is 6.12. The van der Waals surface area contributed by atoms with E-state index in [1.54, 1.807) is 0 Å². The summed E-state index contributed by atoms with van der Waals surface area (Å²) in [4.78, 5) is 0. The Morgan fingerprint density at radius 3 is 2.65 bits per heavy atom. The number of nitrogens with two attached hydrogens (primary N) is 1. The maximum absolute atomic E-state index is 6.12. The van der Waals surface area contributed by atoms with Gasteiger partial charge >= 0.3 is 0 Å². The average molecular weight is 237 g/mol. The van der Waals surface area contributed by atoms with Crippen molar-refractivity contribution in [3.63, 3.8) is 0 Å². The summed E-state index contributed by atoms with van der Waals surface area (Å²) in [5.74, 6) is 0. The molecule has 0 aliphatic rings.